The molecule has 0 aromatic carbocycles. The van der Waals surface area contributed by atoms with Crippen LogP contribution < -0.4 is 5.32 Å². The first-order valence-corrected chi connectivity index (χ1v) is 6.88. The van der Waals surface area contributed by atoms with Crippen molar-refractivity contribution in [2.24, 2.45) is 7.05 Å². The van der Waals surface area contributed by atoms with Gasteiger partial charge in [0.05, 0.1) is 10.7 Å². The summed E-state index contributed by atoms with van der Waals surface area (Å²) < 4.78 is 1.65. The van der Waals surface area contributed by atoms with Crippen LogP contribution in [0.4, 0.5) is 5.82 Å². The van der Waals surface area contributed by atoms with Gasteiger partial charge in [0.2, 0.25) is 0 Å². The average Bonchev–Trinajstić information content (AvgIpc) is 2.84. The fourth-order valence-electron chi connectivity index (χ4n) is 1.58. The van der Waals surface area contributed by atoms with Gasteiger partial charge in [-0.05, 0) is 6.92 Å². The molecule has 5 nitrogen and oxygen atoms in total. The molecule has 2 rings (SSSR count). The summed E-state index contributed by atoms with van der Waals surface area (Å²) in [6.07, 6.45) is 1.79. The van der Waals surface area contributed by atoms with Crippen LogP contribution in [0.2, 0.25) is 0 Å². The second-order valence-corrected chi connectivity index (χ2v) is 6.51. The number of thiazole rings is 1. The van der Waals surface area contributed by atoms with E-state index in [1.165, 1.54) is 11.3 Å². The van der Waals surface area contributed by atoms with Gasteiger partial charge in [-0.2, -0.15) is 5.10 Å². The number of anilines is 1. The minimum Gasteiger partial charge on any atom is -0.304 e. The zero-order valence-corrected chi connectivity index (χ0v) is 12.6. The predicted octanol–water partition coefficient (Wildman–Crippen LogP) is 2.73. The Morgan fingerprint density at radius 3 is 2.58 bits per heavy atom. The maximum absolute atomic E-state index is 12.2. The van der Waals surface area contributed by atoms with E-state index in [1.807, 2.05) is 14.0 Å². The molecule has 0 fully saturated rings. The van der Waals surface area contributed by atoms with Crippen molar-refractivity contribution in [3.8, 4) is 0 Å². The molecule has 0 saturated heterocycles. The molecule has 0 atom stereocenters. The first kappa shape index (κ1) is 13.7. The number of nitrogens with zero attached hydrogens (tertiary/aromatic N) is 3. The number of carbonyl (C=O) groups is 1. The zero-order valence-electron chi connectivity index (χ0n) is 11.8. The summed E-state index contributed by atoms with van der Waals surface area (Å²) >= 11 is 1.44. The first-order chi connectivity index (χ1) is 8.77. The molecule has 0 unspecified atom stereocenters. The Labute approximate surface area is 116 Å². The van der Waals surface area contributed by atoms with Crippen LogP contribution in [0.3, 0.4) is 0 Å². The third-order valence-corrected chi connectivity index (χ3v) is 4.18. The fraction of sp³-hybridized carbons (Fsp3) is 0.462. The van der Waals surface area contributed by atoms with E-state index in [0.717, 1.165) is 10.7 Å². The summed E-state index contributed by atoms with van der Waals surface area (Å²) in [6.45, 7) is 8.13. The molecule has 6 heteroatoms. The third kappa shape index (κ3) is 3.01. The van der Waals surface area contributed by atoms with Crippen molar-refractivity contribution < 1.29 is 4.79 Å². The van der Waals surface area contributed by atoms with Gasteiger partial charge in [-0.25, -0.2) is 4.98 Å². The number of nitrogens with one attached hydrogen (secondary N) is 1. The highest BCUT2D eigenvalue weighted by molar-refractivity contribution is 7.14. The van der Waals surface area contributed by atoms with Gasteiger partial charge in [-0.1, -0.05) is 20.8 Å². The molecule has 0 aliphatic rings. The number of aryl methyl sites for hydroxylation is 2. The van der Waals surface area contributed by atoms with Gasteiger partial charge in [-0.3, -0.25) is 9.48 Å². The molecule has 2 aromatic rings. The predicted molar refractivity (Wildman–Crippen MR) is 76.7 cm³/mol. The molecule has 0 bridgehead atoms. The number of rotatable bonds is 2. The molecule has 0 aliphatic heterocycles. The van der Waals surface area contributed by atoms with E-state index in [9.17, 15) is 4.79 Å². The molecule has 0 saturated carbocycles. The molecular formula is C13H18N4OS. The molecule has 1 amide bonds. The summed E-state index contributed by atoms with van der Waals surface area (Å²) in [7, 11) is 1.81. The maximum Gasteiger partial charge on any atom is 0.268 e. The van der Waals surface area contributed by atoms with E-state index < -0.39 is 0 Å². The highest BCUT2D eigenvalue weighted by Crippen LogP contribution is 2.29. The van der Waals surface area contributed by atoms with Crippen molar-refractivity contribution in [2.75, 3.05) is 5.32 Å². The van der Waals surface area contributed by atoms with Gasteiger partial charge in [-0.15, -0.1) is 11.3 Å². The standard InChI is InChI=1S/C13H18N4OS/c1-8-10(19-12(14-8)13(2,3)4)11(18)15-9-6-7-17(5)16-9/h6-7H,1-5H3,(H,15,16,18). The third-order valence-electron chi connectivity index (χ3n) is 2.60. The summed E-state index contributed by atoms with van der Waals surface area (Å²) in [5.41, 5.74) is 0.724. The van der Waals surface area contributed by atoms with Gasteiger partial charge in [0.1, 0.15) is 4.88 Å². The van der Waals surface area contributed by atoms with Gasteiger partial charge in [0.25, 0.3) is 5.91 Å². The molecule has 1 N–H and O–H groups in total. The molecule has 2 heterocycles. The number of hydrogen-bond donors (Lipinski definition) is 1. The summed E-state index contributed by atoms with van der Waals surface area (Å²) in [4.78, 5) is 17.3. The van der Waals surface area contributed by atoms with Crippen molar-refractivity contribution in [2.45, 2.75) is 33.1 Å². The fourth-order valence-corrected chi connectivity index (χ4v) is 2.60. The molecule has 0 radical (unpaired) electrons. The lowest BCUT2D eigenvalue weighted by molar-refractivity contribution is 0.102. The van der Waals surface area contributed by atoms with E-state index in [4.69, 9.17) is 0 Å². The monoisotopic (exact) mass is 278 g/mol. The molecule has 0 spiro atoms. The second-order valence-electron chi connectivity index (χ2n) is 5.51. The lowest BCUT2D eigenvalue weighted by atomic mass is 9.98. The normalized spacial score (nSPS) is 11.6. The highest BCUT2D eigenvalue weighted by atomic mass is 32.1. The Morgan fingerprint density at radius 1 is 1.42 bits per heavy atom. The van der Waals surface area contributed by atoms with Gasteiger partial charge in [0, 0.05) is 24.7 Å². The van der Waals surface area contributed by atoms with Crippen LogP contribution in [-0.4, -0.2) is 20.7 Å². The van der Waals surface area contributed by atoms with Crippen molar-refractivity contribution in [1.82, 2.24) is 14.8 Å². The average molecular weight is 278 g/mol. The SMILES string of the molecule is Cc1nc(C(C)(C)C)sc1C(=O)Nc1ccn(C)n1. The summed E-state index contributed by atoms with van der Waals surface area (Å²) in [5, 5.41) is 7.88. The second kappa shape index (κ2) is 4.77. The van der Waals surface area contributed by atoms with Crippen molar-refractivity contribution in [1.29, 1.82) is 0 Å². The molecule has 0 aliphatic carbocycles. The van der Waals surface area contributed by atoms with Crippen LogP contribution in [-0.2, 0) is 12.5 Å². The number of hydrogen-bond acceptors (Lipinski definition) is 4. The van der Waals surface area contributed by atoms with E-state index in [-0.39, 0.29) is 11.3 Å². The quantitative estimate of drug-likeness (QED) is 0.919. The Hall–Kier alpha value is -1.69. The van der Waals surface area contributed by atoms with E-state index in [2.05, 4.69) is 36.2 Å². The Balaban J connectivity index is 2.22. The van der Waals surface area contributed by atoms with E-state index in [1.54, 1.807) is 16.9 Å². The Kier molecular flexibility index (Phi) is 3.45. The van der Waals surface area contributed by atoms with Crippen molar-refractivity contribution in [3.63, 3.8) is 0 Å². The van der Waals surface area contributed by atoms with Crippen LogP contribution in [0.15, 0.2) is 12.3 Å². The van der Waals surface area contributed by atoms with Gasteiger partial charge in [0.15, 0.2) is 5.82 Å². The molecular weight excluding hydrogens is 260 g/mol. The van der Waals surface area contributed by atoms with Crippen molar-refractivity contribution in [3.05, 3.63) is 27.8 Å². The van der Waals surface area contributed by atoms with Crippen LogP contribution in [0.25, 0.3) is 0 Å². The van der Waals surface area contributed by atoms with Crippen LogP contribution in [0.5, 0.6) is 0 Å². The molecule has 102 valence electrons. The number of amides is 1. The zero-order chi connectivity index (χ0) is 14.2. The number of carbonyl (C=O) groups excluding carboxylic acids is 1. The van der Waals surface area contributed by atoms with Crippen molar-refractivity contribution >= 4 is 23.1 Å². The van der Waals surface area contributed by atoms with Gasteiger partial charge < -0.3 is 5.32 Å². The number of aromatic nitrogens is 3. The minimum absolute atomic E-state index is 0.0427. The van der Waals surface area contributed by atoms with E-state index >= 15 is 0 Å². The molecule has 2 aromatic heterocycles. The highest BCUT2D eigenvalue weighted by Gasteiger charge is 2.23. The summed E-state index contributed by atoms with van der Waals surface area (Å²) in [6, 6.07) is 1.76. The molecule has 19 heavy (non-hydrogen) atoms. The first-order valence-electron chi connectivity index (χ1n) is 6.06. The lowest BCUT2D eigenvalue weighted by Gasteiger charge is -2.13. The van der Waals surface area contributed by atoms with Gasteiger partial charge >= 0.3 is 0 Å². The minimum atomic E-state index is -0.149. The van der Waals surface area contributed by atoms with Crippen LogP contribution in [0.1, 0.15) is 41.1 Å². The van der Waals surface area contributed by atoms with Crippen LogP contribution in [0, 0.1) is 6.92 Å². The Bertz CT molecular complexity index is 606. The largest absolute Gasteiger partial charge is 0.304 e. The summed E-state index contributed by atoms with van der Waals surface area (Å²) in [5.74, 6) is 0.404. The van der Waals surface area contributed by atoms with E-state index in [0.29, 0.717) is 10.7 Å². The Morgan fingerprint density at radius 2 is 2.11 bits per heavy atom. The smallest absolute Gasteiger partial charge is 0.268 e. The maximum atomic E-state index is 12.2. The lowest BCUT2D eigenvalue weighted by Crippen LogP contribution is -2.12. The van der Waals surface area contributed by atoms with Crippen LogP contribution >= 0.6 is 11.3 Å². The topological polar surface area (TPSA) is 59.8 Å².